The summed E-state index contributed by atoms with van der Waals surface area (Å²) in [5.74, 6) is -1.72. The molecule has 3 amide bonds. The van der Waals surface area contributed by atoms with Gasteiger partial charge in [-0.25, -0.2) is 4.79 Å². The van der Waals surface area contributed by atoms with E-state index >= 15 is 0 Å². The van der Waals surface area contributed by atoms with Crippen molar-refractivity contribution in [2.45, 2.75) is 26.3 Å². The highest BCUT2D eigenvalue weighted by Crippen LogP contribution is 2.28. The SMILES string of the molecule is Cc1ccc(C)c(C(=O)COC(=O)CN2C(=O)NC(C)(c3ccccc3)C2=O)c1. The number of hydrogen-bond donors (Lipinski definition) is 1. The number of imide groups is 1. The van der Waals surface area contributed by atoms with Gasteiger partial charge in [-0.3, -0.25) is 19.3 Å². The molecule has 3 rings (SSSR count). The monoisotopic (exact) mass is 394 g/mol. The minimum atomic E-state index is -1.26. The maximum absolute atomic E-state index is 12.8. The molecule has 7 heteroatoms. The standard InChI is InChI=1S/C22H22N2O5/c1-14-9-10-15(2)17(11-14)18(25)13-29-19(26)12-24-20(27)22(3,23-21(24)28)16-7-5-4-6-8-16/h4-11H,12-13H2,1-3H3,(H,23,28). The lowest BCUT2D eigenvalue weighted by Gasteiger charge is -2.21. The Morgan fingerprint density at radius 2 is 1.76 bits per heavy atom. The number of ether oxygens (including phenoxy) is 1. The van der Waals surface area contributed by atoms with E-state index in [4.69, 9.17) is 4.74 Å². The Morgan fingerprint density at radius 1 is 1.07 bits per heavy atom. The second-order valence-corrected chi connectivity index (χ2v) is 7.21. The van der Waals surface area contributed by atoms with E-state index in [9.17, 15) is 19.2 Å². The molecule has 0 saturated carbocycles. The van der Waals surface area contributed by atoms with Gasteiger partial charge in [0.05, 0.1) is 0 Å². The molecule has 7 nitrogen and oxygen atoms in total. The molecule has 1 aliphatic rings. The second kappa shape index (κ2) is 7.87. The highest BCUT2D eigenvalue weighted by Gasteiger charge is 2.49. The van der Waals surface area contributed by atoms with Crippen LogP contribution in [0.3, 0.4) is 0 Å². The maximum Gasteiger partial charge on any atom is 0.326 e. The van der Waals surface area contributed by atoms with Crippen molar-refractivity contribution in [2.75, 3.05) is 13.2 Å². The third kappa shape index (κ3) is 4.03. The summed E-state index contributed by atoms with van der Waals surface area (Å²) in [4.78, 5) is 50.4. The number of aryl methyl sites for hydroxylation is 2. The van der Waals surface area contributed by atoms with Crippen LogP contribution in [0, 0.1) is 13.8 Å². The lowest BCUT2D eigenvalue weighted by atomic mass is 9.92. The number of rotatable bonds is 6. The normalized spacial score (nSPS) is 18.5. The number of urea groups is 1. The van der Waals surface area contributed by atoms with Gasteiger partial charge in [-0.1, -0.05) is 48.0 Å². The van der Waals surface area contributed by atoms with Gasteiger partial charge in [0.2, 0.25) is 5.78 Å². The first-order valence-corrected chi connectivity index (χ1v) is 9.18. The number of nitrogens with zero attached hydrogens (tertiary/aromatic N) is 1. The Morgan fingerprint density at radius 3 is 2.45 bits per heavy atom. The summed E-state index contributed by atoms with van der Waals surface area (Å²) >= 11 is 0. The zero-order chi connectivity index (χ0) is 21.2. The quantitative estimate of drug-likeness (QED) is 0.462. The van der Waals surface area contributed by atoms with Crippen LogP contribution in [0.4, 0.5) is 4.79 Å². The molecule has 29 heavy (non-hydrogen) atoms. The molecular formula is C22H22N2O5. The summed E-state index contributed by atoms with van der Waals surface area (Å²) in [5, 5.41) is 2.62. The first-order chi connectivity index (χ1) is 13.7. The summed E-state index contributed by atoms with van der Waals surface area (Å²) in [5.41, 5.74) is 1.53. The summed E-state index contributed by atoms with van der Waals surface area (Å²) in [7, 11) is 0. The number of carbonyl (C=O) groups excluding carboxylic acids is 4. The van der Waals surface area contributed by atoms with Gasteiger partial charge in [0.1, 0.15) is 12.1 Å². The van der Waals surface area contributed by atoms with E-state index in [1.165, 1.54) is 0 Å². The van der Waals surface area contributed by atoms with E-state index in [2.05, 4.69) is 5.32 Å². The van der Waals surface area contributed by atoms with Gasteiger partial charge in [0.15, 0.2) is 6.61 Å². The van der Waals surface area contributed by atoms with E-state index < -0.39 is 36.6 Å². The predicted molar refractivity (Wildman–Crippen MR) is 105 cm³/mol. The largest absolute Gasteiger partial charge is 0.456 e. The molecule has 1 heterocycles. The van der Waals surface area contributed by atoms with Crippen LogP contribution in [0.2, 0.25) is 0 Å². The molecule has 150 valence electrons. The number of benzene rings is 2. The molecule has 1 N–H and O–H groups in total. The first-order valence-electron chi connectivity index (χ1n) is 9.18. The molecular weight excluding hydrogens is 372 g/mol. The summed E-state index contributed by atoms with van der Waals surface area (Å²) in [6.07, 6.45) is 0. The Kier molecular flexibility index (Phi) is 5.50. The third-order valence-corrected chi connectivity index (χ3v) is 4.97. The molecule has 0 aromatic heterocycles. The Bertz CT molecular complexity index is 986. The summed E-state index contributed by atoms with van der Waals surface area (Å²) < 4.78 is 5.02. The molecule has 2 aromatic rings. The van der Waals surface area contributed by atoms with Crippen molar-refractivity contribution in [1.29, 1.82) is 0 Å². The average Bonchev–Trinajstić information content (AvgIpc) is 2.92. The Balaban J connectivity index is 1.63. The van der Waals surface area contributed by atoms with Gasteiger partial charge in [0, 0.05) is 5.56 Å². The van der Waals surface area contributed by atoms with Crippen molar-refractivity contribution in [3.63, 3.8) is 0 Å². The van der Waals surface area contributed by atoms with Crippen LogP contribution in [-0.4, -0.2) is 41.7 Å². The fraction of sp³-hybridized carbons (Fsp3) is 0.273. The Labute approximate surface area is 168 Å². The summed E-state index contributed by atoms with van der Waals surface area (Å²) in [6.45, 7) is 4.23. The number of hydrogen-bond acceptors (Lipinski definition) is 5. The predicted octanol–water partition coefficient (Wildman–Crippen LogP) is 2.50. The number of carbonyl (C=O) groups is 4. The number of Topliss-reactive ketones (excluding diaryl/α,β-unsaturated/α-hetero) is 1. The fourth-order valence-corrected chi connectivity index (χ4v) is 3.24. The van der Waals surface area contributed by atoms with Crippen LogP contribution >= 0.6 is 0 Å². The molecule has 1 atom stereocenters. The second-order valence-electron chi connectivity index (χ2n) is 7.21. The van der Waals surface area contributed by atoms with Crippen molar-refractivity contribution in [2.24, 2.45) is 0 Å². The summed E-state index contributed by atoms with van der Waals surface area (Å²) in [6, 6.07) is 13.5. The smallest absolute Gasteiger partial charge is 0.326 e. The minimum absolute atomic E-state index is 0.342. The molecule has 0 radical (unpaired) electrons. The van der Waals surface area contributed by atoms with Crippen LogP contribution < -0.4 is 5.32 Å². The number of esters is 1. The van der Waals surface area contributed by atoms with Gasteiger partial charge in [0.25, 0.3) is 5.91 Å². The highest BCUT2D eigenvalue weighted by atomic mass is 16.5. The molecule has 1 aliphatic heterocycles. The zero-order valence-corrected chi connectivity index (χ0v) is 16.5. The average molecular weight is 394 g/mol. The lowest BCUT2D eigenvalue weighted by molar-refractivity contribution is -0.146. The van der Waals surface area contributed by atoms with E-state index in [0.29, 0.717) is 11.1 Å². The highest BCUT2D eigenvalue weighted by molar-refractivity contribution is 6.09. The fourth-order valence-electron chi connectivity index (χ4n) is 3.24. The topological polar surface area (TPSA) is 92.8 Å². The van der Waals surface area contributed by atoms with Gasteiger partial charge >= 0.3 is 12.0 Å². The maximum atomic E-state index is 12.8. The Hall–Kier alpha value is -3.48. The zero-order valence-electron chi connectivity index (χ0n) is 16.5. The lowest BCUT2D eigenvalue weighted by Crippen LogP contribution is -2.41. The van der Waals surface area contributed by atoms with Gasteiger partial charge in [-0.2, -0.15) is 0 Å². The van der Waals surface area contributed by atoms with Gasteiger partial charge in [-0.15, -0.1) is 0 Å². The van der Waals surface area contributed by atoms with Crippen LogP contribution in [-0.2, 0) is 19.9 Å². The van der Waals surface area contributed by atoms with Crippen molar-refractivity contribution >= 4 is 23.7 Å². The van der Waals surface area contributed by atoms with Gasteiger partial charge < -0.3 is 10.1 Å². The van der Waals surface area contributed by atoms with Crippen molar-refractivity contribution < 1.29 is 23.9 Å². The van der Waals surface area contributed by atoms with Crippen LogP contribution in [0.25, 0.3) is 0 Å². The van der Waals surface area contributed by atoms with Gasteiger partial charge in [-0.05, 0) is 38.0 Å². The molecule has 0 aliphatic carbocycles. The molecule has 1 fully saturated rings. The van der Waals surface area contributed by atoms with Crippen LogP contribution in [0.1, 0.15) is 34.0 Å². The number of ketones is 1. The first kappa shape index (κ1) is 20.3. The molecule has 1 unspecified atom stereocenters. The van der Waals surface area contributed by atoms with Crippen molar-refractivity contribution in [1.82, 2.24) is 10.2 Å². The molecule has 2 aromatic carbocycles. The van der Waals surface area contributed by atoms with E-state index in [0.717, 1.165) is 16.0 Å². The van der Waals surface area contributed by atoms with Crippen molar-refractivity contribution in [3.05, 3.63) is 70.8 Å². The van der Waals surface area contributed by atoms with E-state index in [1.807, 2.05) is 19.1 Å². The molecule has 0 spiro atoms. The van der Waals surface area contributed by atoms with Crippen LogP contribution in [0.5, 0.6) is 0 Å². The minimum Gasteiger partial charge on any atom is -0.456 e. The number of amides is 3. The van der Waals surface area contributed by atoms with Crippen LogP contribution in [0.15, 0.2) is 48.5 Å². The number of nitrogens with one attached hydrogen (secondary N) is 1. The molecule has 1 saturated heterocycles. The van der Waals surface area contributed by atoms with Crippen molar-refractivity contribution in [3.8, 4) is 0 Å². The van der Waals surface area contributed by atoms with E-state index in [1.54, 1.807) is 50.2 Å². The molecule has 0 bridgehead atoms. The van der Waals surface area contributed by atoms with E-state index in [-0.39, 0.29) is 5.78 Å². The third-order valence-electron chi connectivity index (χ3n) is 4.97.